The molecule has 0 spiro atoms. The van der Waals surface area contributed by atoms with Crippen LogP contribution in [0.3, 0.4) is 0 Å². The average molecular weight is 281 g/mol. The van der Waals surface area contributed by atoms with Crippen molar-refractivity contribution >= 4 is 22.8 Å². The SMILES string of the molecule is c1cnc(N2CCN(c3ncnc4[nH]ccc34)CC2)nc1. The molecule has 1 saturated heterocycles. The lowest BCUT2D eigenvalue weighted by molar-refractivity contribution is 0.636. The molecule has 1 fully saturated rings. The zero-order chi connectivity index (χ0) is 14.1. The van der Waals surface area contributed by atoms with Crippen molar-refractivity contribution in [1.82, 2.24) is 24.9 Å². The quantitative estimate of drug-likeness (QED) is 0.757. The van der Waals surface area contributed by atoms with Gasteiger partial charge in [-0.05, 0) is 12.1 Å². The number of nitrogens with one attached hydrogen (secondary N) is 1. The minimum absolute atomic E-state index is 0.798. The number of hydrogen-bond donors (Lipinski definition) is 1. The van der Waals surface area contributed by atoms with Crippen LogP contribution in [-0.2, 0) is 0 Å². The topological polar surface area (TPSA) is 73.8 Å². The Morgan fingerprint density at radius 2 is 1.67 bits per heavy atom. The first kappa shape index (κ1) is 12.1. The number of rotatable bonds is 2. The summed E-state index contributed by atoms with van der Waals surface area (Å²) in [7, 11) is 0. The van der Waals surface area contributed by atoms with Gasteiger partial charge in [0.1, 0.15) is 17.8 Å². The molecule has 4 rings (SSSR count). The predicted molar refractivity (Wildman–Crippen MR) is 80.3 cm³/mol. The molecule has 106 valence electrons. The molecule has 21 heavy (non-hydrogen) atoms. The first-order valence-electron chi connectivity index (χ1n) is 6.97. The van der Waals surface area contributed by atoms with Gasteiger partial charge >= 0.3 is 0 Å². The van der Waals surface area contributed by atoms with E-state index in [2.05, 4.69) is 34.7 Å². The number of aromatic nitrogens is 5. The molecular weight excluding hydrogens is 266 g/mol. The summed E-state index contributed by atoms with van der Waals surface area (Å²) in [5, 5.41) is 1.07. The van der Waals surface area contributed by atoms with Crippen LogP contribution in [0, 0.1) is 0 Å². The Hall–Kier alpha value is -2.70. The highest BCUT2D eigenvalue weighted by molar-refractivity contribution is 5.87. The molecule has 0 unspecified atom stereocenters. The first-order valence-corrected chi connectivity index (χ1v) is 6.97. The van der Waals surface area contributed by atoms with E-state index in [0.717, 1.165) is 49.0 Å². The number of aromatic amines is 1. The lowest BCUT2D eigenvalue weighted by Gasteiger charge is -2.35. The third kappa shape index (κ3) is 2.16. The first-order chi connectivity index (χ1) is 10.4. The van der Waals surface area contributed by atoms with Crippen LogP contribution < -0.4 is 9.80 Å². The van der Waals surface area contributed by atoms with Gasteiger partial charge < -0.3 is 14.8 Å². The number of anilines is 2. The molecule has 0 bridgehead atoms. The zero-order valence-electron chi connectivity index (χ0n) is 11.5. The van der Waals surface area contributed by atoms with E-state index in [1.165, 1.54) is 0 Å². The highest BCUT2D eigenvalue weighted by atomic mass is 15.3. The van der Waals surface area contributed by atoms with E-state index < -0.39 is 0 Å². The van der Waals surface area contributed by atoms with Gasteiger partial charge in [0, 0.05) is 44.8 Å². The summed E-state index contributed by atoms with van der Waals surface area (Å²) < 4.78 is 0. The van der Waals surface area contributed by atoms with Gasteiger partial charge in [-0.25, -0.2) is 19.9 Å². The standard InChI is InChI=1S/C14H15N7/c1-3-16-14(17-4-1)21-8-6-20(7-9-21)13-11-2-5-15-12(11)18-10-19-13/h1-5,10H,6-9H2,(H,15,18,19). The minimum atomic E-state index is 0.798. The Labute approximate surface area is 121 Å². The maximum Gasteiger partial charge on any atom is 0.225 e. The van der Waals surface area contributed by atoms with Crippen molar-refractivity contribution < 1.29 is 0 Å². The molecule has 0 aromatic carbocycles. The fraction of sp³-hybridized carbons (Fsp3) is 0.286. The van der Waals surface area contributed by atoms with Crippen molar-refractivity contribution in [2.45, 2.75) is 0 Å². The Morgan fingerprint density at radius 3 is 2.48 bits per heavy atom. The second kappa shape index (κ2) is 5.01. The van der Waals surface area contributed by atoms with Crippen LogP contribution in [0.4, 0.5) is 11.8 Å². The molecule has 4 heterocycles. The van der Waals surface area contributed by atoms with Crippen LogP contribution in [-0.4, -0.2) is 51.1 Å². The van der Waals surface area contributed by atoms with Crippen LogP contribution in [0.2, 0.25) is 0 Å². The van der Waals surface area contributed by atoms with Crippen LogP contribution in [0.25, 0.3) is 11.0 Å². The Kier molecular flexibility index (Phi) is 2.88. The van der Waals surface area contributed by atoms with Gasteiger partial charge in [0.15, 0.2) is 0 Å². The van der Waals surface area contributed by atoms with Crippen molar-refractivity contribution in [2.75, 3.05) is 36.0 Å². The molecule has 3 aromatic rings. The molecule has 0 aliphatic carbocycles. The largest absolute Gasteiger partial charge is 0.352 e. The lowest BCUT2D eigenvalue weighted by Crippen LogP contribution is -2.47. The van der Waals surface area contributed by atoms with Gasteiger partial charge in [-0.1, -0.05) is 0 Å². The summed E-state index contributed by atoms with van der Waals surface area (Å²) >= 11 is 0. The smallest absolute Gasteiger partial charge is 0.225 e. The molecule has 0 radical (unpaired) electrons. The van der Waals surface area contributed by atoms with Crippen molar-refractivity contribution in [3.63, 3.8) is 0 Å². The van der Waals surface area contributed by atoms with Gasteiger partial charge in [0.25, 0.3) is 0 Å². The van der Waals surface area contributed by atoms with Crippen LogP contribution in [0.1, 0.15) is 0 Å². The molecule has 0 saturated carbocycles. The van der Waals surface area contributed by atoms with Gasteiger partial charge in [0.2, 0.25) is 5.95 Å². The predicted octanol–water partition coefficient (Wildman–Crippen LogP) is 1.07. The van der Waals surface area contributed by atoms with Crippen LogP contribution >= 0.6 is 0 Å². The molecule has 1 N–H and O–H groups in total. The summed E-state index contributed by atoms with van der Waals surface area (Å²) in [4.78, 5) is 24.9. The number of fused-ring (bicyclic) bond motifs is 1. The van der Waals surface area contributed by atoms with Crippen molar-refractivity contribution in [3.05, 3.63) is 37.1 Å². The van der Waals surface area contributed by atoms with E-state index in [4.69, 9.17) is 0 Å². The monoisotopic (exact) mass is 281 g/mol. The number of piperazine rings is 1. The molecular formula is C14H15N7. The van der Waals surface area contributed by atoms with E-state index in [-0.39, 0.29) is 0 Å². The van der Waals surface area contributed by atoms with Gasteiger partial charge in [-0.15, -0.1) is 0 Å². The molecule has 1 aliphatic heterocycles. The van der Waals surface area contributed by atoms with Gasteiger partial charge in [-0.2, -0.15) is 0 Å². The Bertz CT molecular complexity index is 731. The third-order valence-corrected chi connectivity index (χ3v) is 3.75. The number of H-pyrrole nitrogens is 1. The van der Waals surface area contributed by atoms with Crippen molar-refractivity contribution in [3.8, 4) is 0 Å². The summed E-state index contributed by atoms with van der Waals surface area (Å²) in [5.74, 6) is 1.79. The van der Waals surface area contributed by atoms with E-state index in [0.29, 0.717) is 0 Å². The van der Waals surface area contributed by atoms with Crippen LogP contribution in [0.15, 0.2) is 37.1 Å². The second-order valence-corrected chi connectivity index (χ2v) is 4.96. The molecule has 1 aliphatic rings. The highest BCUT2D eigenvalue weighted by Gasteiger charge is 2.21. The van der Waals surface area contributed by atoms with Gasteiger partial charge in [0.05, 0.1) is 5.39 Å². The van der Waals surface area contributed by atoms with E-state index in [1.807, 2.05) is 18.3 Å². The third-order valence-electron chi connectivity index (χ3n) is 3.75. The molecule has 7 nitrogen and oxygen atoms in total. The number of hydrogen-bond acceptors (Lipinski definition) is 6. The normalized spacial score (nSPS) is 15.6. The maximum atomic E-state index is 4.45. The molecule has 7 heteroatoms. The molecule has 0 amide bonds. The summed E-state index contributed by atoms with van der Waals surface area (Å²) in [5.41, 5.74) is 0.883. The zero-order valence-corrected chi connectivity index (χ0v) is 11.5. The average Bonchev–Trinajstić information content (AvgIpc) is 3.04. The fourth-order valence-electron chi connectivity index (χ4n) is 2.68. The highest BCUT2D eigenvalue weighted by Crippen LogP contribution is 2.23. The van der Waals surface area contributed by atoms with Crippen molar-refractivity contribution in [1.29, 1.82) is 0 Å². The summed E-state index contributed by atoms with van der Waals surface area (Å²) in [6, 6.07) is 3.86. The fourth-order valence-corrected chi connectivity index (χ4v) is 2.68. The lowest BCUT2D eigenvalue weighted by atomic mass is 10.3. The minimum Gasteiger partial charge on any atom is -0.352 e. The Balaban J connectivity index is 1.54. The molecule has 0 atom stereocenters. The Morgan fingerprint density at radius 1 is 0.905 bits per heavy atom. The second-order valence-electron chi connectivity index (χ2n) is 4.96. The van der Waals surface area contributed by atoms with E-state index in [9.17, 15) is 0 Å². The summed E-state index contributed by atoms with van der Waals surface area (Å²) in [6.07, 6.45) is 7.07. The van der Waals surface area contributed by atoms with Crippen LogP contribution in [0.5, 0.6) is 0 Å². The maximum absolute atomic E-state index is 4.45. The van der Waals surface area contributed by atoms with Gasteiger partial charge in [-0.3, -0.25) is 0 Å². The molecule has 3 aromatic heterocycles. The van der Waals surface area contributed by atoms with E-state index >= 15 is 0 Å². The number of nitrogens with zero attached hydrogens (tertiary/aromatic N) is 6. The summed E-state index contributed by atoms with van der Waals surface area (Å²) in [6.45, 7) is 3.57. The van der Waals surface area contributed by atoms with E-state index in [1.54, 1.807) is 18.7 Å². The van der Waals surface area contributed by atoms with Crippen molar-refractivity contribution in [2.24, 2.45) is 0 Å².